The van der Waals surface area contributed by atoms with Gasteiger partial charge in [-0.15, -0.1) is 0 Å². The number of ether oxygens (including phenoxy) is 1. The van der Waals surface area contributed by atoms with Crippen LogP contribution in [0.4, 0.5) is 0 Å². The van der Waals surface area contributed by atoms with Crippen molar-refractivity contribution in [2.45, 2.75) is 51.2 Å². The lowest BCUT2D eigenvalue weighted by Crippen LogP contribution is -2.67. The van der Waals surface area contributed by atoms with E-state index in [2.05, 4.69) is 30.2 Å². The van der Waals surface area contributed by atoms with Crippen LogP contribution in [0, 0.1) is 5.41 Å². The summed E-state index contributed by atoms with van der Waals surface area (Å²) < 4.78 is 7.83. The van der Waals surface area contributed by atoms with E-state index in [1.165, 1.54) is 31.2 Å². The monoisotopic (exact) mass is 277 g/mol. The molecule has 0 N–H and O–H groups in total. The van der Waals surface area contributed by atoms with Crippen molar-refractivity contribution in [1.29, 1.82) is 0 Å². The molecule has 2 aliphatic carbocycles. The van der Waals surface area contributed by atoms with Crippen LogP contribution in [-0.4, -0.2) is 47.0 Å². The van der Waals surface area contributed by atoms with Gasteiger partial charge in [-0.3, -0.25) is 4.68 Å². The second-order valence-electron chi connectivity index (χ2n) is 6.54. The van der Waals surface area contributed by atoms with Crippen molar-refractivity contribution in [3.05, 3.63) is 18.0 Å². The van der Waals surface area contributed by atoms with Gasteiger partial charge in [0.2, 0.25) is 0 Å². The first-order chi connectivity index (χ1) is 9.65. The molecule has 4 heteroatoms. The Morgan fingerprint density at radius 2 is 2.30 bits per heavy atom. The van der Waals surface area contributed by atoms with Crippen molar-refractivity contribution in [3.63, 3.8) is 0 Å². The molecule has 4 nitrogen and oxygen atoms in total. The summed E-state index contributed by atoms with van der Waals surface area (Å²) in [6.45, 7) is 4.10. The van der Waals surface area contributed by atoms with Gasteiger partial charge in [-0.25, -0.2) is 0 Å². The molecule has 0 saturated heterocycles. The predicted molar refractivity (Wildman–Crippen MR) is 79.6 cm³/mol. The molecule has 2 saturated carbocycles. The van der Waals surface area contributed by atoms with Gasteiger partial charge in [0.1, 0.15) is 0 Å². The largest absolute Gasteiger partial charge is 0.378 e. The molecule has 1 heterocycles. The lowest BCUT2D eigenvalue weighted by atomic mass is 9.50. The van der Waals surface area contributed by atoms with E-state index < -0.39 is 0 Å². The van der Waals surface area contributed by atoms with Gasteiger partial charge in [-0.2, -0.15) is 5.10 Å². The van der Waals surface area contributed by atoms with Crippen LogP contribution < -0.4 is 0 Å². The molecule has 0 radical (unpaired) electrons. The van der Waals surface area contributed by atoms with Gasteiger partial charge in [-0.05, 0) is 45.2 Å². The molecule has 20 heavy (non-hydrogen) atoms. The molecular formula is C16H27N3O. The molecule has 0 unspecified atom stereocenters. The fraction of sp³-hybridized carbons (Fsp3) is 0.812. The summed E-state index contributed by atoms with van der Waals surface area (Å²) in [5.41, 5.74) is 1.82. The Morgan fingerprint density at radius 1 is 1.50 bits per heavy atom. The van der Waals surface area contributed by atoms with E-state index in [-0.39, 0.29) is 0 Å². The summed E-state index contributed by atoms with van der Waals surface area (Å²) in [5.74, 6) is 0. The number of likely N-dealkylation sites (N-methyl/N-ethyl adjacent to an activating group) is 1. The molecule has 112 valence electrons. The Bertz CT molecular complexity index is 452. The summed E-state index contributed by atoms with van der Waals surface area (Å²) in [4.78, 5) is 2.56. The van der Waals surface area contributed by atoms with E-state index in [4.69, 9.17) is 4.74 Å². The highest BCUT2D eigenvalue weighted by Crippen LogP contribution is 2.58. The van der Waals surface area contributed by atoms with Crippen LogP contribution in [-0.2, 0) is 18.2 Å². The molecule has 2 fully saturated rings. The Balaban J connectivity index is 1.54. The van der Waals surface area contributed by atoms with E-state index in [0.717, 1.165) is 25.6 Å². The summed E-state index contributed by atoms with van der Waals surface area (Å²) in [7, 11) is 4.26. The minimum Gasteiger partial charge on any atom is -0.378 e. The zero-order valence-electron chi connectivity index (χ0n) is 13.0. The first kappa shape index (κ1) is 14.1. The molecule has 1 spiro atoms. The summed E-state index contributed by atoms with van der Waals surface area (Å²) in [6, 6.07) is 0.726. The highest BCUT2D eigenvalue weighted by atomic mass is 16.5. The SMILES string of the molecule is CCO[C@H]1C[C@H](N(C)CCc2cnn(C)c2)C12CCC2. The van der Waals surface area contributed by atoms with Gasteiger partial charge >= 0.3 is 0 Å². The summed E-state index contributed by atoms with van der Waals surface area (Å²) in [6.07, 6.45) is 11.0. The second kappa shape index (κ2) is 5.49. The summed E-state index contributed by atoms with van der Waals surface area (Å²) in [5, 5.41) is 4.24. The van der Waals surface area contributed by atoms with Crippen LogP contribution in [0.5, 0.6) is 0 Å². The molecule has 0 aromatic carbocycles. The molecular weight excluding hydrogens is 250 g/mol. The van der Waals surface area contributed by atoms with Gasteiger partial charge in [0, 0.05) is 37.9 Å². The lowest BCUT2D eigenvalue weighted by Gasteiger charge is -2.63. The Labute approximate surface area is 122 Å². The zero-order chi connectivity index (χ0) is 14.2. The van der Waals surface area contributed by atoms with Crippen LogP contribution in [0.3, 0.4) is 0 Å². The highest BCUT2D eigenvalue weighted by molar-refractivity contribution is 5.13. The molecule has 0 bridgehead atoms. The standard InChI is InChI=1S/C16H27N3O/c1-4-20-15-10-14(16(15)7-5-8-16)18(2)9-6-13-11-17-19(3)12-13/h11-12,14-15H,4-10H2,1-3H3/t14-,15-/m0/s1. The third-order valence-corrected chi connectivity index (χ3v) is 5.44. The first-order valence-corrected chi connectivity index (χ1v) is 7.95. The topological polar surface area (TPSA) is 30.3 Å². The minimum absolute atomic E-state index is 0.486. The molecule has 1 aromatic rings. The predicted octanol–water partition coefficient (Wildman–Crippen LogP) is 2.24. The van der Waals surface area contributed by atoms with Crippen LogP contribution in [0.1, 0.15) is 38.2 Å². The fourth-order valence-electron chi connectivity index (χ4n) is 4.08. The van der Waals surface area contributed by atoms with Gasteiger partial charge in [0.05, 0.1) is 12.3 Å². The number of aryl methyl sites for hydroxylation is 1. The smallest absolute Gasteiger partial charge is 0.0661 e. The van der Waals surface area contributed by atoms with E-state index in [1.807, 2.05) is 17.9 Å². The van der Waals surface area contributed by atoms with Crippen LogP contribution in [0.15, 0.2) is 12.4 Å². The fourth-order valence-corrected chi connectivity index (χ4v) is 4.08. The molecule has 3 rings (SSSR count). The lowest BCUT2D eigenvalue weighted by molar-refractivity contribution is -0.199. The molecule has 2 atom stereocenters. The van der Waals surface area contributed by atoms with Gasteiger partial charge in [0.25, 0.3) is 0 Å². The van der Waals surface area contributed by atoms with Crippen molar-refractivity contribution < 1.29 is 4.74 Å². The van der Waals surface area contributed by atoms with Gasteiger partial charge < -0.3 is 9.64 Å². The van der Waals surface area contributed by atoms with E-state index in [9.17, 15) is 0 Å². The molecule has 0 aliphatic heterocycles. The molecule has 0 amide bonds. The van der Waals surface area contributed by atoms with Gasteiger partial charge in [-0.1, -0.05) is 6.42 Å². The number of aromatic nitrogens is 2. The molecule has 2 aliphatic rings. The van der Waals surface area contributed by atoms with Gasteiger partial charge in [0.15, 0.2) is 0 Å². The van der Waals surface area contributed by atoms with Crippen molar-refractivity contribution in [2.75, 3.05) is 20.2 Å². The zero-order valence-corrected chi connectivity index (χ0v) is 13.0. The third kappa shape index (κ3) is 2.29. The average Bonchev–Trinajstić information content (AvgIpc) is 2.75. The Kier molecular flexibility index (Phi) is 3.87. The number of nitrogens with zero attached hydrogens (tertiary/aromatic N) is 3. The number of hydrogen-bond acceptors (Lipinski definition) is 3. The maximum Gasteiger partial charge on any atom is 0.0661 e. The minimum atomic E-state index is 0.486. The van der Waals surface area contributed by atoms with Crippen molar-refractivity contribution in [2.24, 2.45) is 12.5 Å². The number of hydrogen-bond donors (Lipinski definition) is 0. The van der Waals surface area contributed by atoms with Crippen LogP contribution >= 0.6 is 0 Å². The van der Waals surface area contributed by atoms with Crippen LogP contribution in [0.25, 0.3) is 0 Å². The maximum atomic E-state index is 5.94. The Hall–Kier alpha value is -0.870. The number of rotatable bonds is 6. The van der Waals surface area contributed by atoms with Crippen molar-refractivity contribution >= 4 is 0 Å². The van der Waals surface area contributed by atoms with E-state index in [1.54, 1.807) is 0 Å². The van der Waals surface area contributed by atoms with E-state index >= 15 is 0 Å². The average molecular weight is 277 g/mol. The normalized spacial score (nSPS) is 27.6. The quantitative estimate of drug-likeness (QED) is 0.799. The first-order valence-electron chi connectivity index (χ1n) is 7.95. The summed E-state index contributed by atoms with van der Waals surface area (Å²) >= 11 is 0. The Morgan fingerprint density at radius 3 is 2.85 bits per heavy atom. The second-order valence-corrected chi connectivity index (χ2v) is 6.54. The molecule has 1 aromatic heterocycles. The maximum absolute atomic E-state index is 5.94. The highest BCUT2D eigenvalue weighted by Gasteiger charge is 2.59. The van der Waals surface area contributed by atoms with Crippen molar-refractivity contribution in [1.82, 2.24) is 14.7 Å². The van der Waals surface area contributed by atoms with Crippen LogP contribution in [0.2, 0.25) is 0 Å². The third-order valence-electron chi connectivity index (χ3n) is 5.44. The van der Waals surface area contributed by atoms with Crippen molar-refractivity contribution in [3.8, 4) is 0 Å². The van der Waals surface area contributed by atoms with E-state index in [0.29, 0.717) is 11.5 Å².